The second kappa shape index (κ2) is 8.55. The van der Waals surface area contributed by atoms with Crippen molar-refractivity contribution in [1.29, 1.82) is 0 Å². The molecule has 5 rings (SSSR count). The van der Waals surface area contributed by atoms with E-state index in [0.29, 0.717) is 28.8 Å². The molecule has 0 N–H and O–H groups in total. The molecule has 7 heteroatoms. The molecule has 0 atom stereocenters. The molecule has 0 radical (unpaired) electrons. The van der Waals surface area contributed by atoms with Crippen LogP contribution in [0.25, 0.3) is 33.8 Å². The second-order valence-corrected chi connectivity index (χ2v) is 7.48. The quantitative estimate of drug-likeness (QED) is 0.373. The number of benzene rings is 3. The Bertz CT molecular complexity index is 1470. The van der Waals surface area contributed by atoms with Crippen molar-refractivity contribution in [2.45, 2.75) is 6.92 Å². The molecule has 0 spiro atoms. The SMILES string of the molecule is Cc1nnc(-c2ccc(-c3cc(=O)n(C)nc3-c3ccccc3Oc3ccccc3)cc2)o1. The molecule has 0 aliphatic heterocycles. The Balaban J connectivity index is 1.61. The normalized spacial score (nSPS) is 10.8. The molecule has 0 fully saturated rings. The maximum atomic E-state index is 12.5. The molecule has 2 aromatic heterocycles. The summed E-state index contributed by atoms with van der Waals surface area (Å²) in [5.74, 6) is 2.31. The molecule has 33 heavy (non-hydrogen) atoms. The smallest absolute Gasteiger partial charge is 0.267 e. The summed E-state index contributed by atoms with van der Waals surface area (Å²) in [6.07, 6.45) is 0. The van der Waals surface area contributed by atoms with Crippen LogP contribution in [0.3, 0.4) is 0 Å². The van der Waals surface area contributed by atoms with E-state index in [1.54, 1.807) is 20.0 Å². The van der Waals surface area contributed by atoms with Crippen molar-refractivity contribution in [2.24, 2.45) is 7.05 Å². The van der Waals surface area contributed by atoms with Gasteiger partial charge in [-0.05, 0) is 42.0 Å². The van der Waals surface area contributed by atoms with Gasteiger partial charge in [0.15, 0.2) is 0 Å². The van der Waals surface area contributed by atoms with Crippen LogP contribution >= 0.6 is 0 Å². The van der Waals surface area contributed by atoms with Crippen molar-refractivity contribution < 1.29 is 9.15 Å². The number of hydrogen-bond donors (Lipinski definition) is 0. The molecule has 0 aliphatic carbocycles. The fraction of sp³-hybridized carbons (Fsp3) is 0.0769. The van der Waals surface area contributed by atoms with Crippen molar-refractivity contribution in [3.8, 4) is 45.3 Å². The molecule has 7 nitrogen and oxygen atoms in total. The summed E-state index contributed by atoms with van der Waals surface area (Å²) in [5, 5.41) is 12.5. The average Bonchev–Trinajstić information content (AvgIpc) is 3.28. The Kier molecular flexibility index (Phi) is 5.28. The predicted octanol–water partition coefficient (Wildman–Crippen LogP) is 5.27. The van der Waals surface area contributed by atoms with Crippen LogP contribution in [0.2, 0.25) is 0 Å². The van der Waals surface area contributed by atoms with Crippen molar-refractivity contribution in [2.75, 3.05) is 0 Å². The van der Waals surface area contributed by atoms with Gasteiger partial charge >= 0.3 is 0 Å². The monoisotopic (exact) mass is 436 g/mol. The Labute approximate surface area is 189 Å². The van der Waals surface area contributed by atoms with Crippen LogP contribution in [-0.2, 0) is 7.05 Å². The number of hydrogen-bond acceptors (Lipinski definition) is 6. The first kappa shape index (κ1) is 20.4. The fourth-order valence-corrected chi connectivity index (χ4v) is 3.53. The zero-order valence-electron chi connectivity index (χ0n) is 18.1. The lowest BCUT2D eigenvalue weighted by Gasteiger charge is -2.15. The lowest BCUT2D eigenvalue weighted by molar-refractivity contribution is 0.484. The third-order valence-electron chi connectivity index (χ3n) is 5.17. The maximum Gasteiger partial charge on any atom is 0.267 e. The van der Waals surface area contributed by atoms with Gasteiger partial charge in [-0.1, -0.05) is 42.5 Å². The molecule has 0 saturated carbocycles. The molecule has 3 aromatic carbocycles. The third-order valence-corrected chi connectivity index (χ3v) is 5.17. The van der Waals surface area contributed by atoms with Gasteiger partial charge in [0.05, 0.1) is 0 Å². The summed E-state index contributed by atoms with van der Waals surface area (Å²) < 4.78 is 13.0. The van der Waals surface area contributed by atoms with E-state index in [4.69, 9.17) is 9.15 Å². The first-order chi connectivity index (χ1) is 16.1. The molecule has 0 aliphatic rings. The van der Waals surface area contributed by atoms with E-state index in [2.05, 4.69) is 15.3 Å². The van der Waals surface area contributed by atoms with E-state index < -0.39 is 0 Å². The highest BCUT2D eigenvalue weighted by molar-refractivity contribution is 5.83. The van der Waals surface area contributed by atoms with E-state index in [0.717, 1.165) is 22.4 Å². The maximum absolute atomic E-state index is 12.5. The van der Waals surface area contributed by atoms with Gasteiger partial charge in [-0.25, -0.2) is 4.68 Å². The zero-order chi connectivity index (χ0) is 22.8. The van der Waals surface area contributed by atoms with Crippen LogP contribution in [0, 0.1) is 6.92 Å². The summed E-state index contributed by atoms with van der Waals surface area (Å²) in [4.78, 5) is 12.5. The van der Waals surface area contributed by atoms with Crippen LogP contribution in [0.15, 0.2) is 94.1 Å². The molecular weight excluding hydrogens is 416 g/mol. The Hall–Kier alpha value is -4.52. The van der Waals surface area contributed by atoms with Gasteiger partial charge in [0, 0.05) is 36.7 Å². The minimum atomic E-state index is -0.202. The van der Waals surface area contributed by atoms with E-state index >= 15 is 0 Å². The summed E-state index contributed by atoms with van der Waals surface area (Å²) in [6, 6.07) is 26.4. The number of aromatic nitrogens is 4. The van der Waals surface area contributed by atoms with Crippen LogP contribution in [0.5, 0.6) is 11.5 Å². The molecule has 2 heterocycles. The van der Waals surface area contributed by atoms with E-state index in [9.17, 15) is 4.79 Å². The number of para-hydroxylation sites is 2. The molecule has 162 valence electrons. The van der Waals surface area contributed by atoms with E-state index in [1.165, 1.54) is 4.68 Å². The van der Waals surface area contributed by atoms with Crippen molar-refractivity contribution in [3.63, 3.8) is 0 Å². The van der Waals surface area contributed by atoms with E-state index in [-0.39, 0.29) is 5.56 Å². The van der Waals surface area contributed by atoms with Gasteiger partial charge in [-0.15, -0.1) is 10.2 Å². The summed E-state index contributed by atoms with van der Waals surface area (Å²) in [7, 11) is 1.64. The van der Waals surface area contributed by atoms with Crippen molar-refractivity contribution >= 4 is 0 Å². The summed E-state index contributed by atoms with van der Waals surface area (Å²) in [6.45, 7) is 1.75. The largest absolute Gasteiger partial charge is 0.457 e. The van der Waals surface area contributed by atoms with Gasteiger partial charge in [-0.3, -0.25) is 4.79 Å². The first-order valence-electron chi connectivity index (χ1n) is 10.4. The molecule has 0 unspecified atom stereocenters. The molecular formula is C26H20N4O3. The Morgan fingerprint density at radius 1 is 0.818 bits per heavy atom. The standard InChI is InChI=1S/C26H20N4O3/c1-17-27-28-26(32-17)19-14-12-18(13-15-19)22-16-24(31)30(2)29-25(22)21-10-6-7-11-23(21)33-20-8-4-3-5-9-20/h3-16H,1-2H3. The van der Waals surface area contributed by atoms with Gasteiger partial charge < -0.3 is 9.15 Å². The first-order valence-corrected chi connectivity index (χ1v) is 10.4. The molecule has 0 amide bonds. The molecule has 5 aromatic rings. The highest BCUT2D eigenvalue weighted by Crippen LogP contribution is 2.37. The lowest BCUT2D eigenvalue weighted by atomic mass is 9.98. The second-order valence-electron chi connectivity index (χ2n) is 7.48. The highest BCUT2D eigenvalue weighted by Gasteiger charge is 2.17. The summed E-state index contributed by atoms with van der Waals surface area (Å²) >= 11 is 0. The van der Waals surface area contributed by atoms with Crippen molar-refractivity contribution in [1.82, 2.24) is 20.0 Å². The zero-order valence-corrected chi connectivity index (χ0v) is 18.1. The van der Waals surface area contributed by atoms with Gasteiger partial charge in [0.2, 0.25) is 11.8 Å². The number of rotatable bonds is 5. The minimum absolute atomic E-state index is 0.202. The summed E-state index contributed by atoms with van der Waals surface area (Å²) in [5.41, 5.74) is 3.56. The van der Waals surface area contributed by atoms with Gasteiger partial charge in [0.1, 0.15) is 17.2 Å². The number of aryl methyl sites for hydroxylation is 2. The molecule has 0 bridgehead atoms. The minimum Gasteiger partial charge on any atom is -0.457 e. The highest BCUT2D eigenvalue weighted by atomic mass is 16.5. The average molecular weight is 436 g/mol. The van der Waals surface area contributed by atoms with Gasteiger partial charge in [-0.2, -0.15) is 5.10 Å². The Morgan fingerprint density at radius 2 is 1.52 bits per heavy atom. The number of nitrogens with zero attached hydrogens (tertiary/aromatic N) is 4. The van der Waals surface area contributed by atoms with Gasteiger partial charge in [0.25, 0.3) is 5.56 Å². The fourth-order valence-electron chi connectivity index (χ4n) is 3.53. The Morgan fingerprint density at radius 3 is 2.24 bits per heavy atom. The van der Waals surface area contributed by atoms with Crippen molar-refractivity contribution in [3.05, 3.63) is 101 Å². The van der Waals surface area contributed by atoms with E-state index in [1.807, 2.05) is 78.9 Å². The number of ether oxygens (including phenoxy) is 1. The van der Waals surface area contributed by atoms with Crippen LogP contribution in [-0.4, -0.2) is 20.0 Å². The third kappa shape index (κ3) is 4.16. The van der Waals surface area contributed by atoms with Crippen LogP contribution < -0.4 is 10.3 Å². The van der Waals surface area contributed by atoms with Crippen LogP contribution in [0.4, 0.5) is 0 Å². The lowest BCUT2D eigenvalue weighted by Crippen LogP contribution is -2.19. The predicted molar refractivity (Wildman–Crippen MR) is 125 cm³/mol. The molecule has 0 saturated heterocycles. The van der Waals surface area contributed by atoms with Crippen LogP contribution in [0.1, 0.15) is 5.89 Å². The topological polar surface area (TPSA) is 83.0 Å².